The van der Waals surface area contributed by atoms with Crippen molar-refractivity contribution in [3.8, 4) is 11.6 Å². The van der Waals surface area contributed by atoms with Crippen molar-refractivity contribution in [2.75, 3.05) is 43.1 Å². The van der Waals surface area contributed by atoms with Gasteiger partial charge in [-0.3, -0.25) is 14.5 Å². The third kappa shape index (κ3) is 6.88. The smallest absolute Gasteiger partial charge is 0.415 e. The van der Waals surface area contributed by atoms with E-state index in [0.717, 1.165) is 24.1 Å². The molecule has 2 aromatic heterocycles. The number of halogens is 1. The molecule has 0 spiro atoms. The molecule has 4 heterocycles. The van der Waals surface area contributed by atoms with Gasteiger partial charge < -0.3 is 30.0 Å². The van der Waals surface area contributed by atoms with Crippen molar-refractivity contribution in [1.29, 1.82) is 0 Å². The second-order valence-corrected chi connectivity index (χ2v) is 9.77. The van der Waals surface area contributed by atoms with Crippen LogP contribution < -0.4 is 25.0 Å². The van der Waals surface area contributed by atoms with Crippen LogP contribution in [0.3, 0.4) is 0 Å². The van der Waals surface area contributed by atoms with Gasteiger partial charge in [-0.05, 0) is 55.5 Å². The van der Waals surface area contributed by atoms with Crippen molar-refractivity contribution in [3.05, 3.63) is 47.7 Å². The number of fused-ring (bicyclic) bond motifs is 2. The zero-order valence-corrected chi connectivity index (χ0v) is 22.4. The van der Waals surface area contributed by atoms with Crippen LogP contribution in [0.1, 0.15) is 17.5 Å². The predicted molar refractivity (Wildman–Crippen MR) is 143 cm³/mol. The van der Waals surface area contributed by atoms with Gasteiger partial charge in [0.25, 0.3) is 18.3 Å². The highest BCUT2D eigenvalue weighted by Gasteiger charge is 2.34. The molecule has 2 amide bonds. The molecule has 3 N–H and O–H groups in total. The maximum Gasteiger partial charge on any atom is 0.415 e. The van der Waals surface area contributed by atoms with Gasteiger partial charge in [0.05, 0.1) is 25.5 Å². The number of carboxylic acid groups (broad SMARTS) is 1. The Morgan fingerprint density at radius 3 is 2.95 bits per heavy atom. The molecule has 6 rings (SSSR count). The van der Waals surface area contributed by atoms with E-state index in [9.17, 15) is 14.0 Å². The molecular weight excluding hydrogens is 555 g/mol. The van der Waals surface area contributed by atoms with Crippen LogP contribution in [0.2, 0.25) is 0 Å². The number of hydrogen-bond acceptors (Lipinski definition) is 11. The molecule has 3 aliphatic rings. The molecule has 15 nitrogen and oxygen atoms in total. The van der Waals surface area contributed by atoms with Gasteiger partial charge in [0, 0.05) is 12.3 Å². The minimum atomic E-state index is -0.515. The van der Waals surface area contributed by atoms with Crippen molar-refractivity contribution in [3.63, 3.8) is 0 Å². The van der Waals surface area contributed by atoms with E-state index in [4.69, 9.17) is 24.1 Å². The van der Waals surface area contributed by atoms with Crippen molar-refractivity contribution in [1.82, 2.24) is 30.3 Å². The average Bonchev–Trinajstić information content (AvgIpc) is 3.72. The lowest BCUT2D eigenvalue weighted by molar-refractivity contribution is -0.123. The number of aromatic nitrogens is 5. The Morgan fingerprint density at radius 2 is 2.14 bits per heavy atom. The number of anilines is 2. The molecule has 0 radical (unpaired) electrons. The molecule has 2 unspecified atom stereocenters. The quantitative estimate of drug-likeness (QED) is 0.228. The fraction of sp³-hybridized carbons (Fsp3) is 0.423. The Balaban J connectivity index is 0.00000113. The summed E-state index contributed by atoms with van der Waals surface area (Å²) in [6.45, 7) is 2.22. The number of cyclic esters (lactones) is 1. The van der Waals surface area contributed by atoms with Crippen LogP contribution in [0.15, 0.2) is 30.7 Å². The molecule has 1 saturated heterocycles. The van der Waals surface area contributed by atoms with Crippen LogP contribution in [0, 0.1) is 11.7 Å². The van der Waals surface area contributed by atoms with Crippen LogP contribution >= 0.6 is 0 Å². The largest absolute Gasteiger partial charge is 0.492 e. The predicted octanol–water partition coefficient (Wildman–Crippen LogP) is 1.04. The lowest BCUT2D eigenvalue weighted by Crippen LogP contribution is -2.30. The number of benzene rings is 1. The Hall–Kier alpha value is -4.86. The van der Waals surface area contributed by atoms with Gasteiger partial charge in [0.15, 0.2) is 18.2 Å². The van der Waals surface area contributed by atoms with Crippen molar-refractivity contribution >= 4 is 30.1 Å². The first kappa shape index (κ1) is 28.7. The summed E-state index contributed by atoms with van der Waals surface area (Å²) in [4.78, 5) is 42.1. The van der Waals surface area contributed by atoms with Gasteiger partial charge in [-0.1, -0.05) is 5.21 Å². The Labute approximate surface area is 239 Å². The molecule has 0 bridgehead atoms. The second kappa shape index (κ2) is 13.2. The molecule has 0 saturated carbocycles. The number of nitrogens with one attached hydrogen (secondary N) is 2. The zero-order valence-electron chi connectivity index (χ0n) is 22.4. The standard InChI is InChI=1S/C25H27FN8O5.CH2O2/c26-20-10-18(37-6-5-33-4-3-29-32-33)9-16-7-15(8-19(16)20)11-27-2-1-17-13-34(25(36)39-17)21-12-28-24-23(30-21)31-22(35)14-38-24;2-1-3/h3-4,9-10,12,15,17,27H,1-2,5-8,11,13-14H2,(H,30,31,35);1H,(H,2,3). The Kier molecular flexibility index (Phi) is 9.01. The Morgan fingerprint density at radius 1 is 1.29 bits per heavy atom. The minimum Gasteiger partial charge on any atom is -0.492 e. The SMILES string of the molecule is O=C1COc2ncc(N3CC(CCNCC4Cc5cc(OCCn6ccnn6)cc(F)c5C4)OC3=O)nc2N1.O=CO. The number of rotatable bonds is 10. The topological polar surface area (TPSA) is 183 Å². The van der Waals surface area contributed by atoms with E-state index in [1.165, 1.54) is 17.2 Å². The van der Waals surface area contributed by atoms with Crippen LogP contribution in [-0.2, 0) is 33.7 Å². The minimum absolute atomic E-state index is 0.120. The molecule has 2 atom stereocenters. The summed E-state index contributed by atoms with van der Waals surface area (Å²) < 4.78 is 32.8. The van der Waals surface area contributed by atoms with Crippen LogP contribution in [0.25, 0.3) is 0 Å². The monoisotopic (exact) mass is 584 g/mol. The van der Waals surface area contributed by atoms with Crippen molar-refractivity contribution < 1.29 is 38.1 Å². The number of nitrogens with zero attached hydrogens (tertiary/aromatic N) is 6. The molecule has 222 valence electrons. The number of amides is 2. The maximum absolute atomic E-state index is 14.7. The van der Waals surface area contributed by atoms with Crippen molar-refractivity contribution in [2.45, 2.75) is 31.9 Å². The van der Waals surface area contributed by atoms with Gasteiger partial charge in [-0.25, -0.2) is 23.8 Å². The molecule has 1 fully saturated rings. The molecule has 1 aliphatic carbocycles. The summed E-state index contributed by atoms with van der Waals surface area (Å²) in [6.07, 6.45) is 5.98. The zero-order chi connectivity index (χ0) is 29.5. The summed E-state index contributed by atoms with van der Waals surface area (Å²) in [5.41, 5.74) is 1.73. The highest BCUT2D eigenvalue weighted by atomic mass is 19.1. The van der Waals surface area contributed by atoms with Crippen molar-refractivity contribution in [2.24, 2.45) is 5.92 Å². The van der Waals surface area contributed by atoms with Crippen LogP contribution in [-0.4, -0.2) is 87.5 Å². The first-order valence-electron chi connectivity index (χ1n) is 13.3. The van der Waals surface area contributed by atoms with Crippen LogP contribution in [0.4, 0.5) is 20.8 Å². The third-order valence-corrected chi connectivity index (χ3v) is 6.87. The fourth-order valence-electron chi connectivity index (χ4n) is 5.00. The fourth-order valence-corrected chi connectivity index (χ4v) is 5.00. The maximum atomic E-state index is 14.7. The van der Waals surface area contributed by atoms with Crippen LogP contribution in [0.5, 0.6) is 11.6 Å². The molecule has 16 heteroatoms. The third-order valence-electron chi connectivity index (χ3n) is 6.87. The van der Waals surface area contributed by atoms with E-state index in [1.54, 1.807) is 17.1 Å². The Bertz CT molecular complexity index is 1420. The molecule has 1 aromatic carbocycles. The summed E-state index contributed by atoms with van der Waals surface area (Å²) >= 11 is 0. The van der Waals surface area contributed by atoms with E-state index >= 15 is 0 Å². The molecule has 2 aliphatic heterocycles. The first-order chi connectivity index (χ1) is 20.4. The molecular formula is C26H29FN8O7. The molecule has 3 aromatic rings. The summed E-state index contributed by atoms with van der Waals surface area (Å²) in [5.74, 6) is 0.904. The second-order valence-electron chi connectivity index (χ2n) is 9.77. The summed E-state index contributed by atoms with van der Waals surface area (Å²) in [7, 11) is 0. The van der Waals surface area contributed by atoms with Gasteiger partial charge in [0.1, 0.15) is 24.3 Å². The summed E-state index contributed by atoms with van der Waals surface area (Å²) in [6, 6.07) is 3.37. The van der Waals surface area contributed by atoms with E-state index in [0.29, 0.717) is 44.8 Å². The van der Waals surface area contributed by atoms with Gasteiger partial charge >= 0.3 is 6.09 Å². The van der Waals surface area contributed by atoms with E-state index < -0.39 is 6.09 Å². The number of carbonyl (C=O) groups excluding carboxylic acids is 2. The normalized spacial score (nSPS) is 18.6. The number of carbonyl (C=O) groups is 3. The highest BCUT2D eigenvalue weighted by Crippen LogP contribution is 2.32. The van der Waals surface area contributed by atoms with Gasteiger partial charge in [-0.2, -0.15) is 0 Å². The lowest BCUT2D eigenvalue weighted by Gasteiger charge is -2.18. The van der Waals surface area contributed by atoms with Gasteiger partial charge in [-0.15, -0.1) is 5.10 Å². The van der Waals surface area contributed by atoms with E-state index in [-0.39, 0.29) is 54.3 Å². The van der Waals surface area contributed by atoms with E-state index in [1.807, 2.05) is 6.07 Å². The average molecular weight is 585 g/mol. The van der Waals surface area contributed by atoms with E-state index in [2.05, 4.69) is 30.9 Å². The highest BCUT2D eigenvalue weighted by molar-refractivity contribution is 5.94. The number of ether oxygens (including phenoxy) is 3. The summed E-state index contributed by atoms with van der Waals surface area (Å²) in [5, 5.41) is 20.5. The van der Waals surface area contributed by atoms with Gasteiger partial charge in [0.2, 0.25) is 0 Å². The number of hydrogen-bond donors (Lipinski definition) is 3. The lowest BCUT2D eigenvalue weighted by atomic mass is 10.1. The first-order valence-corrected chi connectivity index (χ1v) is 13.3. The molecule has 42 heavy (non-hydrogen) atoms.